The van der Waals surface area contributed by atoms with Crippen molar-refractivity contribution in [2.75, 3.05) is 6.61 Å². The van der Waals surface area contributed by atoms with Crippen molar-refractivity contribution in [3.63, 3.8) is 0 Å². The highest BCUT2D eigenvalue weighted by Crippen LogP contribution is 2.21. The first-order valence-corrected chi connectivity index (χ1v) is 7.01. The SMILES string of the molecule is CCc1nn(CC)c(CNC(CO)C(C)C)c1Cl. The van der Waals surface area contributed by atoms with E-state index < -0.39 is 0 Å². The zero-order chi connectivity index (χ0) is 13.7. The summed E-state index contributed by atoms with van der Waals surface area (Å²) >= 11 is 6.33. The van der Waals surface area contributed by atoms with E-state index in [0.29, 0.717) is 12.5 Å². The molecule has 0 bridgehead atoms. The Bertz CT molecular complexity index is 377. The van der Waals surface area contributed by atoms with Crippen LogP contribution in [0.1, 0.15) is 39.1 Å². The highest BCUT2D eigenvalue weighted by Gasteiger charge is 2.17. The highest BCUT2D eigenvalue weighted by atomic mass is 35.5. The molecule has 0 aliphatic rings. The lowest BCUT2D eigenvalue weighted by molar-refractivity contribution is 0.209. The van der Waals surface area contributed by atoms with Crippen molar-refractivity contribution in [3.8, 4) is 0 Å². The summed E-state index contributed by atoms with van der Waals surface area (Å²) in [6.07, 6.45) is 0.840. The van der Waals surface area contributed by atoms with Crippen LogP contribution in [0, 0.1) is 5.92 Å². The van der Waals surface area contributed by atoms with Gasteiger partial charge in [-0.15, -0.1) is 0 Å². The lowest BCUT2D eigenvalue weighted by atomic mass is 10.1. The normalized spacial score (nSPS) is 13.3. The van der Waals surface area contributed by atoms with E-state index in [0.717, 1.165) is 29.4 Å². The molecule has 18 heavy (non-hydrogen) atoms. The standard InChI is InChI=1S/C13H24ClN3O/c1-5-10-13(14)12(17(6-2)16-10)7-15-11(8-18)9(3)4/h9,11,15,18H,5-8H2,1-4H3. The molecule has 1 heterocycles. The molecule has 5 heteroatoms. The molecule has 0 aliphatic heterocycles. The summed E-state index contributed by atoms with van der Waals surface area (Å²) in [6.45, 7) is 9.87. The lowest BCUT2D eigenvalue weighted by Crippen LogP contribution is -2.37. The van der Waals surface area contributed by atoms with Crippen molar-refractivity contribution < 1.29 is 5.11 Å². The van der Waals surface area contributed by atoms with Crippen molar-refractivity contribution in [1.82, 2.24) is 15.1 Å². The molecule has 104 valence electrons. The number of aliphatic hydroxyl groups is 1. The van der Waals surface area contributed by atoms with E-state index in [1.165, 1.54) is 0 Å². The van der Waals surface area contributed by atoms with Crippen LogP contribution in [0.15, 0.2) is 0 Å². The zero-order valence-electron chi connectivity index (χ0n) is 11.7. The number of aryl methyl sites for hydroxylation is 2. The summed E-state index contributed by atoms with van der Waals surface area (Å²) in [6, 6.07) is 0.0892. The van der Waals surface area contributed by atoms with Gasteiger partial charge in [-0.1, -0.05) is 32.4 Å². The van der Waals surface area contributed by atoms with Gasteiger partial charge in [0.05, 0.1) is 23.0 Å². The van der Waals surface area contributed by atoms with Gasteiger partial charge in [0.1, 0.15) is 0 Å². The van der Waals surface area contributed by atoms with Gasteiger partial charge in [-0.2, -0.15) is 5.10 Å². The van der Waals surface area contributed by atoms with Crippen LogP contribution in [-0.4, -0.2) is 27.5 Å². The molecule has 1 rings (SSSR count). The summed E-state index contributed by atoms with van der Waals surface area (Å²) in [5, 5.41) is 17.9. The summed E-state index contributed by atoms with van der Waals surface area (Å²) in [5.74, 6) is 0.386. The van der Waals surface area contributed by atoms with Crippen molar-refractivity contribution >= 4 is 11.6 Å². The van der Waals surface area contributed by atoms with Crippen molar-refractivity contribution in [2.24, 2.45) is 5.92 Å². The van der Waals surface area contributed by atoms with Crippen LogP contribution < -0.4 is 5.32 Å². The fourth-order valence-corrected chi connectivity index (χ4v) is 2.26. The number of aliphatic hydroxyl groups excluding tert-OH is 1. The number of rotatable bonds is 7. The predicted molar refractivity (Wildman–Crippen MR) is 74.8 cm³/mol. The van der Waals surface area contributed by atoms with Crippen LogP contribution in [-0.2, 0) is 19.5 Å². The first-order chi connectivity index (χ1) is 8.54. The smallest absolute Gasteiger partial charge is 0.0863 e. The van der Waals surface area contributed by atoms with E-state index in [1.807, 2.05) is 4.68 Å². The topological polar surface area (TPSA) is 50.1 Å². The second-order valence-electron chi connectivity index (χ2n) is 4.79. The number of hydrogen-bond acceptors (Lipinski definition) is 3. The van der Waals surface area contributed by atoms with Crippen LogP contribution in [0.3, 0.4) is 0 Å². The number of nitrogens with one attached hydrogen (secondary N) is 1. The van der Waals surface area contributed by atoms with Gasteiger partial charge < -0.3 is 10.4 Å². The summed E-state index contributed by atoms with van der Waals surface area (Å²) in [7, 11) is 0. The van der Waals surface area contributed by atoms with Gasteiger partial charge in [0.15, 0.2) is 0 Å². The lowest BCUT2D eigenvalue weighted by Gasteiger charge is -2.20. The molecular formula is C13H24ClN3O. The molecule has 4 nitrogen and oxygen atoms in total. The van der Waals surface area contributed by atoms with Crippen molar-refractivity contribution in [1.29, 1.82) is 0 Å². The first-order valence-electron chi connectivity index (χ1n) is 6.63. The zero-order valence-corrected chi connectivity index (χ0v) is 12.5. The Labute approximate surface area is 114 Å². The molecule has 0 aliphatic carbocycles. The van der Waals surface area contributed by atoms with E-state index in [9.17, 15) is 5.11 Å². The third-order valence-corrected chi connectivity index (χ3v) is 3.66. The molecule has 0 saturated carbocycles. The van der Waals surface area contributed by atoms with Crippen LogP contribution in [0.5, 0.6) is 0 Å². The monoisotopic (exact) mass is 273 g/mol. The van der Waals surface area contributed by atoms with E-state index in [1.54, 1.807) is 0 Å². The molecule has 2 N–H and O–H groups in total. The van der Waals surface area contributed by atoms with Gasteiger partial charge >= 0.3 is 0 Å². The molecule has 1 unspecified atom stereocenters. The van der Waals surface area contributed by atoms with Crippen LogP contribution in [0.2, 0.25) is 5.02 Å². The molecular weight excluding hydrogens is 250 g/mol. The van der Waals surface area contributed by atoms with Gasteiger partial charge in [0.2, 0.25) is 0 Å². The number of halogens is 1. The maximum absolute atomic E-state index is 9.30. The fraction of sp³-hybridized carbons (Fsp3) is 0.769. The third kappa shape index (κ3) is 3.46. The van der Waals surface area contributed by atoms with Gasteiger partial charge in [0.25, 0.3) is 0 Å². The van der Waals surface area contributed by atoms with E-state index >= 15 is 0 Å². The Morgan fingerprint density at radius 2 is 2.06 bits per heavy atom. The third-order valence-electron chi connectivity index (χ3n) is 3.23. The molecule has 0 radical (unpaired) electrons. The second kappa shape index (κ2) is 7.12. The molecule has 0 aromatic carbocycles. The van der Waals surface area contributed by atoms with E-state index in [4.69, 9.17) is 11.6 Å². The van der Waals surface area contributed by atoms with Gasteiger partial charge in [-0.3, -0.25) is 4.68 Å². The average molecular weight is 274 g/mol. The maximum Gasteiger partial charge on any atom is 0.0863 e. The molecule has 1 atom stereocenters. The Hall–Kier alpha value is -0.580. The largest absolute Gasteiger partial charge is 0.395 e. The first kappa shape index (κ1) is 15.5. The van der Waals surface area contributed by atoms with Gasteiger partial charge in [0, 0.05) is 19.1 Å². The Morgan fingerprint density at radius 1 is 1.39 bits per heavy atom. The minimum Gasteiger partial charge on any atom is -0.395 e. The highest BCUT2D eigenvalue weighted by molar-refractivity contribution is 6.31. The molecule has 0 saturated heterocycles. The Balaban J connectivity index is 2.80. The second-order valence-corrected chi connectivity index (χ2v) is 5.17. The molecule has 1 aromatic rings. The van der Waals surface area contributed by atoms with Crippen molar-refractivity contribution in [2.45, 2.75) is 53.2 Å². The summed E-state index contributed by atoms with van der Waals surface area (Å²) in [4.78, 5) is 0. The van der Waals surface area contributed by atoms with Crippen LogP contribution in [0.4, 0.5) is 0 Å². The fourth-order valence-electron chi connectivity index (χ4n) is 1.93. The Morgan fingerprint density at radius 3 is 2.50 bits per heavy atom. The van der Waals surface area contributed by atoms with Crippen LogP contribution >= 0.6 is 11.6 Å². The van der Waals surface area contributed by atoms with Crippen molar-refractivity contribution in [3.05, 3.63) is 16.4 Å². The van der Waals surface area contributed by atoms with E-state index in [2.05, 4.69) is 38.1 Å². The minimum absolute atomic E-state index is 0.0892. The maximum atomic E-state index is 9.30. The number of nitrogens with zero attached hydrogens (tertiary/aromatic N) is 2. The summed E-state index contributed by atoms with van der Waals surface area (Å²) < 4.78 is 1.93. The predicted octanol–water partition coefficient (Wildman–Crippen LogP) is 2.23. The van der Waals surface area contributed by atoms with Gasteiger partial charge in [-0.05, 0) is 19.3 Å². The number of hydrogen-bond donors (Lipinski definition) is 2. The Kier molecular flexibility index (Phi) is 6.12. The minimum atomic E-state index is 0.0892. The van der Waals surface area contributed by atoms with Gasteiger partial charge in [-0.25, -0.2) is 0 Å². The summed E-state index contributed by atoms with van der Waals surface area (Å²) in [5.41, 5.74) is 1.95. The van der Waals surface area contributed by atoms with E-state index in [-0.39, 0.29) is 12.6 Å². The average Bonchev–Trinajstić information content (AvgIpc) is 2.66. The molecule has 1 aromatic heterocycles. The molecule has 0 fully saturated rings. The molecule has 0 amide bonds. The number of aromatic nitrogens is 2. The quantitative estimate of drug-likeness (QED) is 0.801. The molecule has 0 spiro atoms. The van der Waals surface area contributed by atoms with Crippen LogP contribution in [0.25, 0.3) is 0 Å².